The molecule has 134 valence electrons. The Bertz CT molecular complexity index is 735. The lowest BCUT2D eigenvalue weighted by Gasteiger charge is -2.14. The van der Waals surface area contributed by atoms with Gasteiger partial charge >= 0.3 is 0 Å². The summed E-state index contributed by atoms with van der Waals surface area (Å²) in [6, 6.07) is 9.68. The fourth-order valence-electron chi connectivity index (χ4n) is 2.28. The molecule has 0 aliphatic rings. The van der Waals surface area contributed by atoms with Crippen LogP contribution in [0.5, 0.6) is 11.5 Å². The van der Waals surface area contributed by atoms with Crippen molar-refractivity contribution < 1.29 is 18.7 Å². The van der Waals surface area contributed by atoms with Gasteiger partial charge in [-0.1, -0.05) is 6.07 Å². The second-order valence-electron chi connectivity index (χ2n) is 5.38. The van der Waals surface area contributed by atoms with E-state index in [9.17, 15) is 9.18 Å². The number of aryl methyl sites for hydroxylation is 1. The van der Waals surface area contributed by atoms with E-state index < -0.39 is 5.82 Å². The Kier molecular flexibility index (Phi) is 6.62. The molecule has 2 N–H and O–H groups in total. The predicted octanol–water partition coefficient (Wildman–Crippen LogP) is 3.98. The lowest BCUT2D eigenvalue weighted by molar-refractivity contribution is -0.114. The molecule has 0 aliphatic heterocycles. The SMILES string of the molecule is CCOc1ccc(OCC)c(NCC(=O)Nc2cc(F)ccc2C)c1. The molecule has 0 saturated carbocycles. The average molecular weight is 346 g/mol. The predicted molar refractivity (Wildman–Crippen MR) is 97.0 cm³/mol. The van der Waals surface area contributed by atoms with Gasteiger partial charge in [-0.25, -0.2) is 4.39 Å². The van der Waals surface area contributed by atoms with Gasteiger partial charge in [-0.2, -0.15) is 0 Å². The van der Waals surface area contributed by atoms with E-state index in [1.165, 1.54) is 12.1 Å². The van der Waals surface area contributed by atoms with E-state index >= 15 is 0 Å². The highest BCUT2D eigenvalue weighted by atomic mass is 19.1. The molecule has 0 heterocycles. The molecule has 1 amide bonds. The van der Waals surface area contributed by atoms with Crippen LogP contribution in [0.25, 0.3) is 0 Å². The zero-order valence-corrected chi connectivity index (χ0v) is 14.7. The van der Waals surface area contributed by atoms with Crippen molar-refractivity contribution in [1.29, 1.82) is 0 Å². The van der Waals surface area contributed by atoms with Crippen LogP contribution in [0.3, 0.4) is 0 Å². The second kappa shape index (κ2) is 8.92. The Hall–Kier alpha value is -2.76. The van der Waals surface area contributed by atoms with Gasteiger partial charge in [0.25, 0.3) is 0 Å². The van der Waals surface area contributed by atoms with Crippen LogP contribution in [0.2, 0.25) is 0 Å². The van der Waals surface area contributed by atoms with Gasteiger partial charge in [0.05, 0.1) is 25.4 Å². The minimum absolute atomic E-state index is 0.0195. The highest BCUT2D eigenvalue weighted by Gasteiger charge is 2.10. The highest BCUT2D eigenvalue weighted by molar-refractivity contribution is 5.94. The van der Waals surface area contributed by atoms with Gasteiger partial charge in [0.2, 0.25) is 5.91 Å². The Morgan fingerprint density at radius 2 is 1.80 bits per heavy atom. The number of halogens is 1. The molecule has 0 saturated heterocycles. The molecular weight excluding hydrogens is 323 g/mol. The molecule has 2 aromatic carbocycles. The summed E-state index contributed by atoms with van der Waals surface area (Å²) in [5.41, 5.74) is 1.92. The molecule has 0 fully saturated rings. The Labute approximate surface area is 147 Å². The number of carbonyl (C=O) groups is 1. The summed E-state index contributed by atoms with van der Waals surface area (Å²) in [7, 11) is 0. The minimum atomic E-state index is -0.392. The summed E-state index contributed by atoms with van der Waals surface area (Å²) in [5, 5.41) is 5.74. The number of amides is 1. The molecule has 6 heteroatoms. The van der Waals surface area contributed by atoms with Crippen molar-refractivity contribution in [3.8, 4) is 11.5 Å². The van der Waals surface area contributed by atoms with E-state index in [4.69, 9.17) is 9.47 Å². The van der Waals surface area contributed by atoms with Crippen molar-refractivity contribution in [1.82, 2.24) is 0 Å². The summed E-state index contributed by atoms with van der Waals surface area (Å²) in [6.45, 7) is 6.68. The van der Waals surface area contributed by atoms with E-state index in [0.717, 1.165) is 5.56 Å². The molecule has 2 rings (SSSR count). The average Bonchev–Trinajstić information content (AvgIpc) is 2.58. The fraction of sp³-hybridized carbons (Fsp3) is 0.316. The maximum absolute atomic E-state index is 13.3. The summed E-state index contributed by atoms with van der Waals surface area (Å²) in [4.78, 5) is 12.2. The zero-order chi connectivity index (χ0) is 18.2. The van der Waals surface area contributed by atoms with Crippen LogP contribution in [-0.2, 0) is 4.79 Å². The topological polar surface area (TPSA) is 59.6 Å². The molecule has 5 nitrogen and oxygen atoms in total. The normalized spacial score (nSPS) is 10.2. The third kappa shape index (κ3) is 5.38. The highest BCUT2D eigenvalue weighted by Crippen LogP contribution is 2.29. The number of rotatable bonds is 8. The van der Waals surface area contributed by atoms with Gasteiger partial charge in [0.15, 0.2) is 0 Å². The van der Waals surface area contributed by atoms with Gasteiger partial charge in [0.1, 0.15) is 17.3 Å². The molecule has 0 aromatic heterocycles. The molecule has 0 spiro atoms. The molecular formula is C19H23FN2O3. The van der Waals surface area contributed by atoms with Crippen molar-refractivity contribution in [2.75, 3.05) is 30.4 Å². The van der Waals surface area contributed by atoms with Crippen molar-refractivity contribution in [2.24, 2.45) is 0 Å². The smallest absolute Gasteiger partial charge is 0.243 e. The van der Waals surface area contributed by atoms with Crippen LogP contribution < -0.4 is 20.1 Å². The summed E-state index contributed by atoms with van der Waals surface area (Å²) >= 11 is 0. The minimum Gasteiger partial charge on any atom is -0.494 e. The van der Waals surface area contributed by atoms with Gasteiger partial charge < -0.3 is 20.1 Å². The first-order valence-corrected chi connectivity index (χ1v) is 8.23. The third-order valence-corrected chi connectivity index (χ3v) is 3.47. The second-order valence-corrected chi connectivity index (χ2v) is 5.38. The molecule has 2 aromatic rings. The van der Waals surface area contributed by atoms with Gasteiger partial charge in [0, 0.05) is 11.8 Å². The number of ether oxygens (including phenoxy) is 2. The first-order chi connectivity index (χ1) is 12.0. The largest absolute Gasteiger partial charge is 0.494 e. The third-order valence-electron chi connectivity index (χ3n) is 3.47. The molecule has 0 unspecified atom stereocenters. The molecule has 0 radical (unpaired) electrons. The van der Waals surface area contributed by atoms with Gasteiger partial charge in [-0.05, 0) is 50.6 Å². The molecule has 0 aliphatic carbocycles. The maximum atomic E-state index is 13.3. The standard InChI is InChI=1S/C19H23FN2O3/c1-4-24-15-8-9-18(25-5-2)17(11-15)21-12-19(23)22-16-10-14(20)7-6-13(16)3/h6-11,21H,4-5,12H2,1-3H3,(H,22,23). The van der Waals surface area contributed by atoms with E-state index in [-0.39, 0.29) is 12.5 Å². The van der Waals surface area contributed by atoms with Crippen LogP contribution in [0.1, 0.15) is 19.4 Å². The van der Waals surface area contributed by atoms with Crippen LogP contribution in [-0.4, -0.2) is 25.7 Å². The Balaban J connectivity index is 2.04. The first-order valence-electron chi connectivity index (χ1n) is 8.23. The van der Waals surface area contributed by atoms with Crippen molar-refractivity contribution in [3.63, 3.8) is 0 Å². The Morgan fingerprint density at radius 1 is 1.04 bits per heavy atom. The van der Waals surface area contributed by atoms with E-state index in [1.807, 2.05) is 19.9 Å². The van der Waals surface area contributed by atoms with E-state index in [0.29, 0.717) is 36.1 Å². The van der Waals surface area contributed by atoms with Gasteiger partial charge in [-0.3, -0.25) is 4.79 Å². The van der Waals surface area contributed by atoms with E-state index in [2.05, 4.69) is 10.6 Å². The lowest BCUT2D eigenvalue weighted by Crippen LogP contribution is -2.22. The first kappa shape index (κ1) is 18.6. The summed E-state index contributed by atoms with van der Waals surface area (Å²) in [5.74, 6) is 0.658. The molecule has 25 heavy (non-hydrogen) atoms. The van der Waals surface area contributed by atoms with E-state index in [1.54, 1.807) is 25.1 Å². The number of nitrogens with one attached hydrogen (secondary N) is 2. The zero-order valence-electron chi connectivity index (χ0n) is 14.7. The van der Waals surface area contributed by atoms with Gasteiger partial charge in [-0.15, -0.1) is 0 Å². The molecule has 0 atom stereocenters. The van der Waals surface area contributed by atoms with Crippen molar-refractivity contribution in [3.05, 3.63) is 47.8 Å². The fourth-order valence-corrected chi connectivity index (χ4v) is 2.28. The number of hydrogen-bond acceptors (Lipinski definition) is 4. The van der Waals surface area contributed by atoms with Crippen LogP contribution in [0.4, 0.5) is 15.8 Å². The molecule has 0 bridgehead atoms. The number of benzene rings is 2. The van der Waals surface area contributed by atoms with Crippen LogP contribution in [0.15, 0.2) is 36.4 Å². The lowest BCUT2D eigenvalue weighted by atomic mass is 10.2. The summed E-state index contributed by atoms with van der Waals surface area (Å²) in [6.07, 6.45) is 0. The number of hydrogen-bond donors (Lipinski definition) is 2. The van der Waals surface area contributed by atoms with Crippen molar-refractivity contribution >= 4 is 17.3 Å². The quantitative estimate of drug-likeness (QED) is 0.759. The summed E-state index contributed by atoms with van der Waals surface area (Å²) < 4.78 is 24.3. The van der Waals surface area contributed by atoms with Crippen LogP contribution in [0, 0.1) is 12.7 Å². The Morgan fingerprint density at radius 3 is 2.52 bits per heavy atom. The van der Waals surface area contributed by atoms with Crippen LogP contribution >= 0.6 is 0 Å². The van der Waals surface area contributed by atoms with Crippen molar-refractivity contribution in [2.45, 2.75) is 20.8 Å². The monoisotopic (exact) mass is 346 g/mol. The number of anilines is 2. The number of carbonyl (C=O) groups excluding carboxylic acids is 1. The maximum Gasteiger partial charge on any atom is 0.243 e.